The molecule has 1 amide bonds. The molecule has 2 atom stereocenters. The van der Waals surface area contributed by atoms with Crippen molar-refractivity contribution in [1.29, 1.82) is 0 Å². The van der Waals surface area contributed by atoms with Crippen molar-refractivity contribution in [2.24, 2.45) is 5.92 Å². The molecule has 4 rings (SSSR count). The highest BCUT2D eigenvalue weighted by Crippen LogP contribution is 2.27. The molecule has 6 nitrogen and oxygen atoms in total. The number of para-hydroxylation sites is 1. The number of carbonyl (C=O) groups is 3. The molecule has 3 N–H and O–H groups in total. The molecule has 0 fully saturated rings. The van der Waals surface area contributed by atoms with Gasteiger partial charge in [-0.2, -0.15) is 0 Å². The van der Waals surface area contributed by atoms with Crippen molar-refractivity contribution in [3.63, 3.8) is 0 Å². The van der Waals surface area contributed by atoms with E-state index < -0.39 is 12.0 Å². The van der Waals surface area contributed by atoms with Gasteiger partial charge in [-0.3, -0.25) is 9.59 Å². The lowest BCUT2D eigenvalue weighted by Crippen LogP contribution is -2.32. The predicted octanol–water partition coefficient (Wildman–Crippen LogP) is 7.98. The van der Waals surface area contributed by atoms with Gasteiger partial charge >= 0.3 is 5.97 Å². The second-order valence-electron chi connectivity index (χ2n) is 10.9. The Kier molecular flexibility index (Phi) is 11.7. The first-order valence-electron chi connectivity index (χ1n) is 15.0. The van der Waals surface area contributed by atoms with Gasteiger partial charge in [0, 0.05) is 34.0 Å². The molecule has 43 heavy (non-hydrogen) atoms. The number of carboxylic acid groups (broad SMARTS) is 1. The summed E-state index contributed by atoms with van der Waals surface area (Å²) in [6.45, 7) is 4.70. The predicted molar refractivity (Wildman–Crippen MR) is 175 cm³/mol. The smallest absolute Gasteiger partial charge is 0.326 e. The Balaban J connectivity index is 1.35. The lowest BCUT2D eigenvalue weighted by molar-refractivity contribution is -0.137. The minimum absolute atomic E-state index is 0.0192. The average Bonchev–Trinajstić information content (AvgIpc) is 3.51. The molecular weight excluding hydrogens is 556 g/mol. The van der Waals surface area contributed by atoms with Crippen LogP contribution in [0.1, 0.15) is 72.3 Å². The number of ketones is 1. The Morgan fingerprint density at radius 2 is 1.58 bits per heavy atom. The van der Waals surface area contributed by atoms with E-state index in [2.05, 4.69) is 29.0 Å². The molecule has 7 heteroatoms. The number of hydrogen-bond acceptors (Lipinski definition) is 5. The Bertz CT molecular complexity index is 1500. The summed E-state index contributed by atoms with van der Waals surface area (Å²) in [5.41, 5.74) is 4.43. The number of carboxylic acids is 1. The summed E-state index contributed by atoms with van der Waals surface area (Å²) in [5, 5.41) is 18.2. The molecule has 2 unspecified atom stereocenters. The fourth-order valence-corrected chi connectivity index (χ4v) is 5.82. The van der Waals surface area contributed by atoms with Crippen molar-refractivity contribution in [3.05, 3.63) is 112 Å². The molecule has 0 saturated carbocycles. The summed E-state index contributed by atoms with van der Waals surface area (Å²) >= 11 is 1.61. The third-order valence-electron chi connectivity index (χ3n) is 7.59. The van der Waals surface area contributed by atoms with E-state index in [0.717, 1.165) is 34.4 Å². The van der Waals surface area contributed by atoms with E-state index in [0.29, 0.717) is 23.4 Å². The third-order valence-corrected chi connectivity index (χ3v) is 8.53. The van der Waals surface area contributed by atoms with Crippen LogP contribution in [0.4, 0.5) is 5.69 Å². The summed E-state index contributed by atoms with van der Waals surface area (Å²) in [7, 11) is 0. The van der Waals surface area contributed by atoms with Crippen molar-refractivity contribution in [2.45, 2.75) is 65.0 Å². The maximum atomic E-state index is 13.1. The number of aliphatic carboxylic acids is 1. The van der Waals surface area contributed by atoms with Crippen LogP contribution in [0.25, 0.3) is 11.1 Å². The van der Waals surface area contributed by atoms with Crippen molar-refractivity contribution in [1.82, 2.24) is 5.32 Å². The van der Waals surface area contributed by atoms with Gasteiger partial charge in [-0.25, -0.2) is 4.79 Å². The van der Waals surface area contributed by atoms with E-state index in [1.54, 1.807) is 59.9 Å². The van der Waals surface area contributed by atoms with Crippen LogP contribution >= 0.6 is 11.3 Å². The maximum absolute atomic E-state index is 13.1. The minimum Gasteiger partial charge on any atom is -0.480 e. The second-order valence-corrected chi connectivity index (χ2v) is 11.9. The van der Waals surface area contributed by atoms with Crippen molar-refractivity contribution in [2.75, 3.05) is 5.32 Å². The van der Waals surface area contributed by atoms with E-state index in [9.17, 15) is 19.5 Å². The first kappa shape index (κ1) is 31.7. The number of nitrogens with one attached hydrogen (secondary N) is 2. The quantitative estimate of drug-likeness (QED) is 0.0900. The highest BCUT2D eigenvalue weighted by molar-refractivity contribution is 7.10. The summed E-state index contributed by atoms with van der Waals surface area (Å²) in [4.78, 5) is 38.9. The number of thiophene rings is 1. The Labute approximate surface area is 258 Å². The lowest BCUT2D eigenvalue weighted by Gasteiger charge is -2.18. The monoisotopic (exact) mass is 596 g/mol. The fraction of sp³-hybridized carbons (Fsp3) is 0.306. The van der Waals surface area contributed by atoms with Gasteiger partial charge in [0.2, 0.25) is 5.91 Å². The second kappa shape index (κ2) is 15.8. The van der Waals surface area contributed by atoms with Crippen molar-refractivity contribution in [3.8, 4) is 11.1 Å². The van der Waals surface area contributed by atoms with Gasteiger partial charge in [0.05, 0.1) is 6.54 Å². The van der Waals surface area contributed by atoms with Gasteiger partial charge in [0.15, 0.2) is 5.78 Å². The average molecular weight is 597 g/mol. The molecule has 0 saturated heterocycles. The number of unbranched alkanes of at least 4 members (excludes halogenated alkanes) is 3. The fourth-order valence-electron chi connectivity index (χ4n) is 4.99. The van der Waals surface area contributed by atoms with Crippen LogP contribution in [0.15, 0.2) is 90.3 Å². The first-order chi connectivity index (χ1) is 20.9. The topological polar surface area (TPSA) is 95.5 Å². The van der Waals surface area contributed by atoms with Crippen LogP contribution in [0, 0.1) is 5.92 Å². The summed E-state index contributed by atoms with van der Waals surface area (Å²) in [5.74, 6) is -1.04. The molecule has 1 aromatic heterocycles. The molecule has 224 valence electrons. The molecule has 0 aliphatic heterocycles. The van der Waals surface area contributed by atoms with E-state index in [1.165, 1.54) is 19.3 Å². The number of carbonyl (C=O) groups excluding carboxylic acids is 2. The number of anilines is 1. The zero-order valence-electron chi connectivity index (χ0n) is 24.8. The lowest BCUT2D eigenvalue weighted by atomic mass is 9.99. The van der Waals surface area contributed by atoms with Crippen LogP contribution in [-0.4, -0.2) is 28.8 Å². The maximum Gasteiger partial charge on any atom is 0.326 e. The van der Waals surface area contributed by atoms with E-state index in [4.69, 9.17) is 0 Å². The SMILES string of the molecule is CCCCCCC(C)C(=O)NCc1cc(-c2ccc(CC(Nc3ccccc3C(=O)c3ccccc3)C(=O)O)cc2)cs1. The number of benzene rings is 3. The standard InChI is InChI=1S/C36H40N2O4S/c1-3-4-5-7-12-25(2)35(40)37-23-30-22-29(24-43-30)27-19-17-26(18-20-27)21-33(36(41)42)38-32-16-11-10-15-31(32)34(39)28-13-8-6-9-14-28/h6,8-11,13-20,22,24-25,33,38H,3-5,7,12,21,23H2,1-2H3,(H,37,40)(H,41,42). The Morgan fingerprint density at radius 3 is 2.30 bits per heavy atom. The molecule has 4 aromatic rings. The zero-order valence-corrected chi connectivity index (χ0v) is 25.7. The molecular formula is C36H40N2O4S. The summed E-state index contributed by atoms with van der Waals surface area (Å²) < 4.78 is 0. The van der Waals surface area contributed by atoms with Gasteiger partial charge in [0.1, 0.15) is 6.04 Å². The van der Waals surface area contributed by atoms with Crippen LogP contribution < -0.4 is 10.6 Å². The highest BCUT2D eigenvalue weighted by atomic mass is 32.1. The zero-order chi connectivity index (χ0) is 30.6. The van der Waals surface area contributed by atoms with E-state index in [-0.39, 0.29) is 24.0 Å². The van der Waals surface area contributed by atoms with Crippen molar-refractivity contribution >= 4 is 34.7 Å². The minimum atomic E-state index is -0.995. The van der Waals surface area contributed by atoms with Crippen LogP contribution in [0.5, 0.6) is 0 Å². The Hall–Kier alpha value is -4.23. The van der Waals surface area contributed by atoms with Gasteiger partial charge in [0.25, 0.3) is 0 Å². The van der Waals surface area contributed by atoms with Crippen LogP contribution in [-0.2, 0) is 22.6 Å². The molecule has 3 aromatic carbocycles. The summed E-state index contributed by atoms with van der Waals surface area (Å²) in [6.07, 6.45) is 5.85. The molecule has 0 aliphatic carbocycles. The molecule has 0 radical (unpaired) electrons. The van der Waals surface area contributed by atoms with Gasteiger partial charge in [-0.05, 0) is 46.7 Å². The summed E-state index contributed by atoms with van der Waals surface area (Å²) in [6, 6.07) is 25.0. The normalized spacial score (nSPS) is 12.3. The van der Waals surface area contributed by atoms with Crippen LogP contribution in [0.3, 0.4) is 0 Å². The Morgan fingerprint density at radius 1 is 0.860 bits per heavy atom. The highest BCUT2D eigenvalue weighted by Gasteiger charge is 2.21. The van der Waals surface area contributed by atoms with Crippen molar-refractivity contribution < 1.29 is 19.5 Å². The molecule has 0 spiro atoms. The van der Waals surface area contributed by atoms with Crippen LogP contribution in [0.2, 0.25) is 0 Å². The van der Waals surface area contributed by atoms with Gasteiger partial charge < -0.3 is 15.7 Å². The van der Waals surface area contributed by atoms with Gasteiger partial charge in [-0.15, -0.1) is 11.3 Å². The van der Waals surface area contributed by atoms with E-state index >= 15 is 0 Å². The molecule has 0 bridgehead atoms. The number of rotatable bonds is 16. The van der Waals surface area contributed by atoms with E-state index in [1.807, 2.05) is 37.3 Å². The molecule has 0 aliphatic rings. The largest absolute Gasteiger partial charge is 0.480 e. The number of amides is 1. The van der Waals surface area contributed by atoms with Gasteiger partial charge in [-0.1, -0.05) is 106 Å². The third kappa shape index (κ3) is 9.13. The number of hydrogen-bond donors (Lipinski definition) is 3. The first-order valence-corrected chi connectivity index (χ1v) is 15.9. The molecule has 1 heterocycles.